The molecular weight excluding hydrogens is 222 g/mol. The minimum absolute atomic E-state index is 0.146. The maximum Gasteiger partial charge on any atom is 0.339 e. The van der Waals surface area contributed by atoms with Crippen LogP contribution in [0.1, 0.15) is 22.7 Å². The number of carboxylic acids is 1. The summed E-state index contributed by atoms with van der Waals surface area (Å²) in [5.74, 6) is -0.457. The third-order valence-electron chi connectivity index (χ3n) is 2.43. The van der Waals surface area contributed by atoms with Gasteiger partial charge in [-0.15, -0.1) is 0 Å². The predicted octanol–water partition coefficient (Wildman–Crippen LogP) is 2.10. The molecule has 0 atom stereocenters. The summed E-state index contributed by atoms with van der Waals surface area (Å²) in [7, 11) is 1.63. The van der Waals surface area contributed by atoms with E-state index >= 15 is 0 Å². The van der Waals surface area contributed by atoms with Crippen LogP contribution in [-0.4, -0.2) is 29.8 Å². The molecule has 0 aliphatic carbocycles. The van der Waals surface area contributed by atoms with Crippen LogP contribution in [0.15, 0.2) is 22.6 Å². The number of carbonyl (C=O) groups is 1. The van der Waals surface area contributed by atoms with E-state index in [1.807, 2.05) is 0 Å². The second-order valence-electron chi connectivity index (χ2n) is 3.66. The number of carboxylic acid groups (broad SMARTS) is 1. The highest BCUT2D eigenvalue weighted by atomic mass is 16.5. The largest absolute Gasteiger partial charge is 0.478 e. The van der Waals surface area contributed by atoms with Crippen molar-refractivity contribution in [2.45, 2.75) is 12.8 Å². The molecule has 1 aromatic heterocycles. The smallest absolute Gasteiger partial charge is 0.339 e. The summed E-state index contributed by atoms with van der Waals surface area (Å²) in [6.07, 6.45) is 1.44. The summed E-state index contributed by atoms with van der Waals surface area (Å²) in [5, 5.41) is 9.00. The molecule has 1 heterocycles. The Kier molecular flexibility index (Phi) is 3.39. The Morgan fingerprint density at radius 3 is 3.06 bits per heavy atom. The fourth-order valence-electron chi connectivity index (χ4n) is 1.64. The van der Waals surface area contributed by atoms with E-state index in [0.29, 0.717) is 30.0 Å². The lowest BCUT2D eigenvalue weighted by Gasteiger charge is -1.94. The summed E-state index contributed by atoms with van der Waals surface area (Å²) in [6, 6.07) is 4.91. The minimum Gasteiger partial charge on any atom is -0.478 e. The molecule has 5 nitrogen and oxygen atoms in total. The van der Waals surface area contributed by atoms with Crippen molar-refractivity contribution in [3.8, 4) is 0 Å². The molecule has 17 heavy (non-hydrogen) atoms. The SMILES string of the molecule is COCCCc1nc2cccc(C(=O)O)c2o1. The first-order valence-corrected chi connectivity index (χ1v) is 5.33. The highest BCUT2D eigenvalue weighted by Crippen LogP contribution is 2.20. The molecule has 5 heteroatoms. The van der Waals surface area contributed by atoms with Crippen LogP contribution in [0.3, 0.4) is 0 Å². The number of rotatable bonds is 5. The number of fused-ring (bicyclic) bond motifs is 1. The first-order valence-electron chi connectivity index (χ1n) is 5.33. The standard InChI is InChI=1S/C12H13NO4/c1-16-7-3-6-10-13-9-5-2-4-8(12(14)15)11(9)17-10/h2,4-5H,3,6-7H2,1H3,(H,14,15). The van der Waals surface area contributed by atoms with Crippen molar-refractivity contribution >= 4 is 17.1 Å². The van der Waals surface area contributed by atoms with Gasteiger partial charge >= 0.3 is 5.97 Å². The summed E-state index contributed by atoms with van der Waals surface area (Å²) >= 11 is 0. The van der Waals surface area contributed by atoms with Gasteiger partial charge in [0.2, 0.25) is 0 Å². The molecule has 0 bridgehead atoms. The summed E-state index contributed by atoms with van der Waals surface area (Å²) in [4.78, 5) is 15.2. The molecule has 0 aliphatic rings. The Bertz CT molecular complexity index is 532. The zero-order valence-electron chi connectivity index (χ0n) is 9.47. The fourth-order valence-corrected chi connectivity index (χ4v) is 1.64. The third-order valence-corrected chi connectivity index (χ3v) is 2.43. The molecule has 0 fully saturated rings. The number of nitrogens with zero attached hydrogens (tertiary/aromatic N) is 1. The zero-order valence-corrected chi connectivity index (χ0v) is 9.47. The van der Waals surface area contributed by atoms with Gasteiger partial charge in [-0.1, -0.05) is 6.07 Å². The molecule has 0 amide bonds. The first kappa shape index (κ1) is 11.6. The van der Waals surface area contributed by atoms with Crippen LogP contribution >= 0.6 is 0 Å². The summed E-state index contributed by atoms with van der Waals surface area (Å²) < 4.78 is 10.4. The molecule has 0 saturated heterocycles. The van der Waals surface area contributed by atoms with Crippen molar-refractivity contribution in [3.05, 3.63) is 29.7 Å². The van der Waals surface area contributed by atoms with Gasteiger partial charge in [-0.2, -0.15) is 0 Å². The quantitative estimate of drug-likeness (QED) is 0.803. The van der Waals surface area contributed by atoms with E-state index in [1.54, 1.807) is 19.2 Å². The highest BCUT2D eigenvalue weighted by Gasteiger charge is 2.14. The number of aromatic carboxylic acids is 1. The van der Waals surface area contributed by atoms with E-state index in [2.05, 4.69) is 4.98 Å². The molecular formula is C12H13NO4. The second-order valence-corrected chi connectivity index (χ2v) is 3.66. The maximum absolute atomic E-state index is 11.0. The van der Waals surface area contributed by atoms with Gasteiger partial charge in [0, 0.05) is 20.1 Å². The normalized spacial score (nSPS) is 10.9. The van der Waals surface area contributed by atoms with Crippen LogP contribution in [0.25, 0.3) is 11.1 Å². The van der Waals surface area contributed by atoms with Gasteiger partial charge in [-0.05, 0) is 18.6 Å². The van der Waals surface area contributed by atoms with Crippen LogP contribution in [0.4, 0.5) is 0 Å². The van der Waals surface area contributed by atoms with E-state index in [-0.39, 0.29) is 5.56 Å². The molecule has 2 rings (SSSR count). The van der Waals surface area contributed by atoms with Gasteiger partial charge in [-0.3, -0.25) is 0 Å². The molecule has 90 valence electrons. The van der Waals surface area contributed by atoms with Gasteiger partial charge in [0.25, 0.3) is 0 Å². The highest BCUT2D eigenvalue weighted by molar-refractivity contribution is 5.99. The Morgan fingerprint density at radius 2 is 2.35 bits per heavy atom. The Hall–Kier alpha value is -1.88. The predicted molar refractivity (Wildman–Crippen MR) is 61.2 cm³/mol. The molecule has 1 N–H and O–H groups in total. The van der Waals surface area contributed by atoms with Crippen LogP contribution in [-0.2, 0) is 11.2 Å². The fraction of sp³-hybridized carbons (Fsp3) is 0.333. The molecule has 0 unspecified atom stereocenters. The Labute approximate surface area is 98.0 Å². The van der Waals surface area contributed by atoms with Crippen molar-refractivity contribution in [1.82, 2.24) is 4.98 Å². The Morgan fingerprint density at radius 1 is 1.53 bits per heavy atom. The van der Waals surface area contributed by atoms with Crippen LogP contribution in [0.5, 0.6) is 0 Å². The van der Waals surface area contributed by atoms with Gasteiger partial charge in [0.15, 0.2) is 11.5 Å². The third kappa shape index (κ3) is 2.45. The van der Waals surface area contributed by atoms with Crippen LogP contribution < -0.4 is 0 Å². The molecule has 0 spiro atoms. The number of methoxy groups -OCH3 is 1. The number of ether oxygens (including phenoxy) is 1. The number of hydrogen-bond acceptors (Lipinski definition) is 4. The van der Waals surface area contributed by atoms with Gasteiger partial charge in [0.05, 0.1) is 0 Å². The van der Waals surface area contributed by atoms with E-state index < -0.39 is 5.97 Å². The molecule has 2 aromatic rings. The Balaban J connectivity index is 2.30. The second kappa shape index (κ2) is 4.97. The van der Waals surface area contributed by atoms with Crippen LogP contribution in [0, 0.1) is 0 Å². The van der Waals surface area contributed by atoms with Crippen molar-refractivity contribution in [1.29, 1.82) is 0 Å². The molecule has 0 saturated carbocycles. The number of aromatic nitrogens is 1. The maximum atomic E-state index is 11.0. The molecule has 0 aliphatic heterocycles. The molecule has 0 radical (unpaired) electrons. The zero-order chi connectivity index (χ0) is 12.3. The van der Waals surface area contributed by atoms with Crippen molar-refractivity contribution in [3.63, 3.8) is 0 Å². The van der Waals surface area contributed by atoms with E-state index in [4.69, 9.17) is 14.3 Å². The van der Waals surface area contributed by atoms with Crippen LogP contribution in [0.2, 0.25) is 0 Å². The van der Waals surface area contributed by atoms with Gasteiger partial charge < -0.3 is 14.3 Å². The summed E-state index contributed by atoms with van der Waals surface area (Å²) in [6.45, 7) is 0.629. The van der Waals surface area contributed by atoms with Crippen molar-refractivity contribution in [2.75, 3.05) is 13.7 Å². The number of para-hydroxylation sites is 1. The average Bonchev–Trinajstić information content (AvgIpc) is 2.71. The monoisotopic (exact) mass is 235 g/mol. The number of aryl methyl sites for hydroxylation is 1. The lowest BCUT2D eigenvalue weighted by molar-refractivity contribution is 0.0698. The van der Waals surface area contributed by atoms with E-state index in [9.17, 15) is 4.79 Å². The first-order chi connectivity index (χ1) is 8.22. The summed E-state index contributed by atoms with van der Waals surface area (Å²) in [5.41, 5.74) is 1.07. The number of oxazole rings is 1. The minimum atomic E-state index is -1.00. The average molecular weight is 235 g/mol. The van der Waals surface area contributed by atoms with E-state index in [1.165, 1.54) is 6.07 Å². The van der Waals surface area contributed by atoms with Gasteiger partial charge in [-0.25, -0.2) is 9.78 Å². The lowest BCUT2D eigenvalue weighted by atomic mass is 10.2. The number of hydrogen-bond donors (Lipinski definition) is 1. The topological polar surface area (TPSA) is 72.6 Å². The van der Waals surface area contributed by atoms with Crippen molar-refractivity contribution in [2.24, 2.45) is 0 Å². The van der Waals surface area contributed by atoms with E-state index in [0.717, 1.165) is 6.42 Å². The van der Waals surface area contributed by atoms with Gasteiger partial charge in [0.1, 0.15) is 11.1 Å². The molecule has 1 aromatic carbocycles. The number of benzene rings is 1. The lowest BCUT2D eigenvalue weighted by Crippen LogP contribution is -1.95. The van der Waals surface area contributed by atoms with Crippen molar-refractivity contribution < 1.29 is 19.1 Å².